The topological polar surface area (TPSA) is 82.6 Å². The van der Waals surface area contributed by atoms with Gasteiger partial charge in [0.05, 0.1) is 0 Å². The zero-order valence-corrected chi connectivity index (χ0v) is 18.3. The normalized spacial score (nSPS) is 15.8. The number of aromatic nitrogens is 1. The number of benzene rings is 1. The Labute approximate surface area is 180 Å². The van der Waals surface area contributed by atoms with Crippen molar-refractivity contribution in [3.63, 3.8) is 0 Å². The SMILES string of the molecule is CSCC[C@H](NS(=O)(=O)c1ccccc1F)C(=O)N1CCN(c2ccccn2)CC1. The zero-order chi connectivity index (χ0) is 21.6. The Balaban J connectivity index is 1.69. The third kappa shape index (κ3) is 5.50. The first-order valence-electron chi connectivity index (χ1n) is 9.63. The summed E-state index contributed by atoms with van der Waals surface area (Å²) in [5.41, 5.74) is 0. The monoisotopic (exact) mass is 452 g/mol. The summed E-state index contributed by atoms with van der Waals surface area (Å²) in [6.45, 7) is 2.15. The Morgan fingerprint density at radius 1 is 1.17 bits per heavy atom. The Kier molecular flexibility index (Phi) is 7.68. The fraction of sp³-hybridized carbons (Fsp3) is 0.400. The Morgan fingerprint density at radius 3 is 2.50 bits per heavy atom. The van der Waals surface area contributed by atoms with Crippen molar-refractivity contribution in [1.29, 1.82) is 0 Å². The second-order valence-corrected chi connectivity index (χ2v) is 9.55. The maximum Gasteiger partial charge on any atom is 0.244 e. The van der Waals surface area contributed by atoms with Gasteiger partial charge in [-0.15, -0.1) is 0 Å². The molecule has 0 aliphatic carbocycles. The fourth-order valence-corrected chi connectivity index (χ4v) is 5.07. The van der Waals surface area contributed by atoms with Gasteiger partial charge in [0.15, 0.2) is 0 Å². The Hall–Kier alpha value is -2.17. The summed E-state index contributed by atoms with van der Waals surface area (Å²) < 4.78 is 41.9. The summed E-state index contributed by atoms with van der Waals surface area (Å²) in [5.74, 6) is 0.322. The van der Waals surface area contributed by atoms with Crippen molar-refractivity contribution in [3.05, 3.63) is 54.5 Å². The van der Waals surface area contributed by atoms with Crippen LogP contribution in [0.2, 0.25) is 0 Å². The van der Waals surface area contributed by atoms with Crippen LogP contribution in [0.4, 0.5) is 10.2 Å². The molecule has 1 aliphatic heterocycles. The third-order valence-electron chi connectivity index (χ3n) is 4.90. The molecule has 1 atom stereocenters. The van der Waals surface area contributed by atoms with E-state index in [0.717, 1.165) is 11.9 Å². The van der Waals surface area contributed by atoms with Crippen LogP contribution in [0.15, 0.2) is 53.6 Å². The zero-order valence-electron chi connectivity index (χ0n) is 16.7. The number of sulfonamides is 1. The van der Waals surface area contributed by atoms with Gasteiger partial charge in [0, 0.05) is 32.4 Å². The summed E-state index contributed by atoms with van der Waals surface area (Å²) in [6.07, 6.45) is 3.94. The van der Waals surface area contributed by atoms with Crippen LogP contribution in [0, 0.1) is 5.82 Å². The molecule has 162 valence electrons. The summed E-state index contributed by atoms with van der Waals surface area (Å²) in [5, 5.41) is 0. The van der Waals surface area contributed by atoms with E-state index in [1.807, 2.05) is 24.5 Å². The van der Waals surface area contributed by atoms with E-state index in [1.54, 1.807) is 11.1 Å². The quantitative estimate of drug-likeness (QED) is 0.660. The van der Waals surface area contributed by atoms with E-state index >= 15 is 0 Å². The summed E-state index contributed by atoms with van der Waals surface area (Å²) in [4.78, 5) is 20.7. The molecule has 30 heavy (non-hydrogen) atoms. The lowest BCUT2D eigenvalue weighted by molar-refractivity contribution is -0.133. The number of rotatable bonds is 8. The van der Waals surface area contributed by atoms with Crippen LogP contribution in [0.5, 0.6) is 0 Å². The molecule has 1 saturated heterocycles. The van der Waals surface area contributed by atoms with Crippen LogP contribution in [-0.4, -0.2) is 68.4 Å². The number of nitrogens with one attached hydrogen (secondary N) is 1. The summed E-state index contributed by atoms with van der Waals surface area (Å²) in [6, 6.07) is 9.89. The number of pyridine rings is 1. The molecule has 10 heteroatoms. The molecule has 0 saturated carbocycles. The van der Waals surface area contributed by atoms with Crippen molar-refractivity contribution in [2.75, 3.05) is 43.1 Å². The largest absolute Gasteiger partial charge is 0.353 e. The van der Waals surface area contributed by atoms with Crippen LogP contribution in [-0.2, 0) is 14.8 Å². The standard InChI is InChI=1S/C20H25FN4O3S2/c1-29-15-9-17(23-30(27,28)18-7-3-2-6-16(18)21)20(26)25-13-11-24(12-14-25)19-8-4-5-10-22-19/h2-8,10,17,23H,9,11-15H2,1H3/t17-/m0/s1. The number of thioether (sulfide) groups is 1. The highest BCUT2D eigenvalue weighted by molar-refractivity contribution is 7.98. The minimum absolute atomic E-state index is 0.287. The molecular weight excluding hydrogens is 427 g/mol. The molecule has 0 spiro atoms. The Bertz CT molecular complexity index is 952. The number of piperazine rings is 1. The van der Waals surface area contributed by atoms with E-state index in [0.29, 0.717) is 38.4 Å². The maximum absolute atomic E-state index is 14.0. The van der Waals surface area contributed by atoms with Crippen molar-refractivity contribution >= 4 is 33.5 Å². The molecule has 0 radical (unpaired) electrons. The smallest absolute Gasteiger partial charge is 0.244 e. The lowest BCUT2D eigenvalue weighted by Crippen LogP contribution is -2.55. The lowest BCUT2D eigenvalue weighted by atomic mass is 10.2. The first kappa shape index (κ1) is 22.5. The first-order chi connectivity index (χ1) is 14.4. The average molecular weight is 453 g/mol. The van der Waals surface area contributed by atoms with Gasteiger partial charge in [-0.25, -0.2) is 17.8 Å². The number of halogens is 1. The number of anilines is 1. The van der Waals surface area contributed by atoms with Crippen LogP contribution < -0.4 is 9.62 Å². The van der Waals surface area contributed by atoms with E-state index in [9.17, 15) is 17.6 Å². The van der Waals surface area contributed by atoms with Crippen LogP contribution in [0.25, 0.3) is 0 Å². The van der Waals surface area contributed by atoms with E-state index in [1.165, 1.54) is 30.0 Å². The molecule has 3 rings (SSSR count). The number of carbonyl (C=O) groups excluding carboxylic acids is 1. The molecule has 1 aromatic heterocycles. The van der Waals surface area contributed by atoms with E-state index in [4.69, 9.17) is 0 Å². The Morgan fingerprint density at radius 2 is 1.87 bits per heavy atom. The number of amides is 1. The molecule has 0 bridgehead atoms. The fourth-order valence-electron chi connectivity index (χ4n) is 3.30. The lowest BCUT2D eigenvalue weighted by Gasteiger charge is -2.37. The van der Waals surface area contributed by atoms with Gasteiger partial charge in [-0.1, -0.05) is 18.2 Å². The van der Waals surface area contributed by atoms with Crippen molar-refractivity contribution in [2.45, 2.75) is 17.4 Å². The summed E-state index contributed by atoms with van der Waals surface area (Å²) >= 11 is 1.52. The average Bonchev–Trinajstić information content (AvgIpc) is 2.77. The second kappa shape index (κ2) is 10.2. The molecule has 1 amide bonds. The first-order valence-corrected chi connectivity index (χ1v) is 12.5. The molecule has 1 aliphatic rings. The highest BCUT2D eigenvalue weighted by Gasteiger charge is 2.32. The van der Waals surface area contributed by atoms with Gasteiger partial charge in [-0.3, -0.25) is 4.79 Å². The third-order valence-corrected chi connectivity index (χ3v) is 7.05. The molecule has 1 fully saturated rings. The van der Waals surface area contributed by atoms with Gasteiger partial charge in [-0.2, -0.15) is 16.5 Å². The van der Waals surface area contributed by atoms with Crippen LogP contribution in [0.1, 0.15) is 6.42 Å². The van der Waals surface area contributed by atoms with Crippen LogP contribution in [0.3, 0.4) is 0 Å². The van der Waals surface area contributed by atoms with Gasteiger partial charge in [-0.05, 0) is 42.7 Å². The number of hydrogen-bond donors (Lipinski definition) is 1. The van der Waals surface area contributed by atoms with Crippen molar-refractivity contribution in [1.82, 2.24) is 14.6 Å². The van der Waals surface area contributed by atoms with E-state index in [2.05, 4.69) is 14.6 Å². The van der Waals surface area contributed by atoms with E-state index in [-0.39, 0.29) is 5.91 Å². The summed E-state index contributed by atoms with van der Waals surface area (Å²) in [7, 11) is -4.16. The van der Waals surface area contributed by atoms with Gasteiger partial charge < -0.3 is 9.80 Å². The highest BCUT2D eigenvalue weighted by atomic mass is 32.2. The number of carbonyl (C=O) groups is 1. The maximum atomic E-state index is 14.0. The van der Waals surface area contributed by atoms with Gasteiger partial charge >= 0.3 is 0 Å². The molecule has 1 aromatic carbocycles. The predicted molar refractivity (Wildman–Crippen MR) is 117 cm³/mol. The van der Waals surface area contributed by atoms with Gasteiger partial charge in [0.1, 0.15) is 22.6 Å². The molecule has 1 N–H and O–H groups in total. The van der Waals surface area contributed by atoms with Crippen LogP contribution >= 0.6 is 11.8 Å². The molecule has 7 nitrogen and oxygen atoms in total. The number of hydrogen-bond acceptors (Lipinski definition) is 6. The van der Waals surface area contributed by atoms with Gasteiger partial charge in [0.25, 0.3) is 0 Å². The van der Waals surface area contributed by atoms with Crippen molar-refractivity contribution in [2.24, 2.45) is 0 Å². The minimum Gasteiger partial charge on any atom is -0.353 e. The minimum atomic E-state index is -4.16. The van der Waals surface area contributed by atoms with Crippen molar-refractivity contribution < 1.29 is 17.6 Å². The van der Waals surface area contributed by atoms with Crippen molar-refractivity contribution in [3.8, 4) is 0 Å². The number of nitrogens with zero attached hydrogens (tertiary/aromatic N) is 3. The highest BCUT2D eigenvalue weighted by Crippen LogP contribution is 2.17. The molecule has 0 unspecified atom stereocenters. The molecular formula is C20H25FN4O3S2. The van der Waals surface area contributed by atoms with E-state index < -0.39 is 26.8 Å². The second-order valence-electron chi connectivity index (χ2n) is 6.89. The van der Waals surface area contributed by atoms with Gasteiger partial charge in [0.2, 0.25) is 15.9 Å². The molecule has 2 heterocycles. The predicted octanol–water partition coefficient (Wildman–Crippen LogP) is 1.97. The molecule has 2 aromatic rings.